The number of hydrogen-bond acceptors (Lipinski definition) is 4. The Bertz CT molecular complexity index is 830. The summed E-state index contributed by atoms with van der Waals surface area (Å²) in [5.74, 6) is 1.69. The van der Waals surface area contributed by atoms with Crippen LogP contribution in [-0.4, -0.2) is 16.7 Å². The van der Waals surface area contributed by atoms with Crippen molar-refractivity contribution in [1.29, 1.82) is 0 Å². The lowest BCUT2D eigenvalue weighted by Gasteiger charge is -2.07. The maximum absolute atomic E-state index is 6.30. The van der Waals surface area contributed by atoms with E-state index in [4.69, 9.17) is 20.9 Å². The first-order chi connectivity index (χ1) is 11.7. The van der Waals surface area contributed by atoms with Crippen molar-refractivity contribution in [3.8, 4) is 28.6 Å². The van der Waals surface area contributed by atoms with Crippen LogP contribution in [0.1, 0.15) is 25.3 Å². The Balaban J connectivity index is 1.83. The van der Waals surface area contributed by atoms with Crippen molar-refractivity contribution in [2.45, 2.75) is 26.7 Å². The molecule has 0 unspecified atom stereocenters. The third kappa shape index (κ3) is 3.60. The summed E-state index contributed by atoms with van der Waals surface area (Å²) in [6, 6.07) is 13.4. The summed E-state index contributed by atoms with van der Waals surface area (Å²) < 4.78 is 11.1. The van der Waals surface area contributed by atoms with E-state index >= 15 is 0 Å². The second-order valence-electron chi connectivity index (χ2n) is 5.59. The molecule has 0 atom stereocenters. The second-order valence-corrected chi connectivity index (χ2v) is 5.99. The number of aromatic nitrogens is 2. The third-order valence-electron chi connectivity index (χ3n) is 3.75. The van der Waals surface area contributed by atoms with Crippen LogP contribution in [0.15, 0.2) is 47.0 Å². The van der Waals surface area contributed by atoms with Gasteiger partial charge >= 0.3 is 0 Å². The summed E-state index contributed by atoms with van der Waals surface area (Å²) in [6.07, 6.45) is 2.09. The molecule has 124 valence electrons. The Hall–Kier alpha value is -2.33. The van der Waals surface area contributed by atoms with E-state index in [0.29, 0.717) is 29.1 Å². The van der Waals surface area contributed by atoms with Gasteiger partial charge in [-0.1, -0.05) is 48.3 Å². The fourth-order valence-electron chi connectivity index (χ4n) is 2.35. The van der Waals surface area contributed by atoms with Gasteiger partial charge in [0.25, 0.3) is 5.89 Å². The molecule has 0 amide bonds. The van der Waals surface area contributed by atoms with Gasteiger partial charge in [0.1, 0.15) is 5.75 Å². The van der Waals surface area contributed by atoms with Crippen molar-refractivity contribution < 1.29 is 9.26 Å². The number of aryl methyl sites for hydroxylation is 1. The van der Waals surface area contributed by atoms with Crippen molar-refractivity contribution in [2.75, 3.05) is 6.61 Å². The molecule has 0 saturated heterocycles. The Morgan fingerprint density at radius 1 is 1.17 bits per heavy atom. The predicted molar refractivity (Wildman–Crippen MR) is 95.3 cm³/mol. The number of ether oxygens (including phenoxy) is 1. The van der Waals surface area contributed by atoms with Crippen molar-refractivity contribution >= 4 is 11.6 Å². The maximum atomic E-state index is 6.30. The lowest BCUT2D eigenvalue weighted by Crippen LogP contribution is -1.97. The third-order valence-corrected chi connectivity index (χ3v) is 4.04. The molecule has 0 bridgehead atoms. The second kappa shape index (κ2) is 7.49. The van der Waals surface area contributed by atoms with Crippen LogP contribution in [0.4, 0.5) is 0 Å². The van der Waals surface area contributed by atoms with Crippen LogP contribution in [0.25, 0.3) is 22.8 Å². The minimum atomic E-state index is 0.502. The van der Waals surface area contributed by atoms with Gasteiger partial charge in [0, 0.05) is 11.1 Å². The molecule has 0 spiro atoms. The van der Waals surface area contributed by atoms with E-state index in [1.165, 1.54) is 0 Å². The molecule has 0 N–H and O–H groups in total. The molecule has 0 aliphatic heterocycles. The van der Waals surface area contributed by atoms with Gasteiger partial charge < -0.3 is 9.26 Å². The minimum absolute atomic E-state index is 0.502. The van der Waals surface area contributed by atoms with Crippen LogP contribution in [-0.2, 0) is 0 Å². The minimum Gasteiger partial charge on any atom is -0.492 e. The van der Waals surface area contributed by atoms with Crippen molar-refractivity contribution in [1.82, 2.24) is 10.1 Å². The van der Waals surface area contributed by atoms with Crippen LogP contribution in [0.3, 0.4) is 0 Å². The lowest BCUT2D eigenvalue weighted by atomic mass is 10.1. The largest absolute Gasteiger partial charge is 0.492 e. The smallest absolute Gasteiger partial charge is 0.258 e. The van der Waals surface area contributed by atoms with Gasteiger partial charge in [-0.15, -0.1) is 0 Å². The fraction of sp³-hybridized carbons (Fsp3) is 0.263. The summed E-state index contributed by atoms with van der Waals surface area (Å²) in [6.45, 7) is 4.80. The van der Waals surface area contributed by atoms with Crippen molar-refractivity contribution in [3.63, 3.8) is 0 Å². The van der Waals surface area contributed by atoms with E-state index < -0.39 is 0 Å². The zero-order valence-electron chi connectivity index (χ0n) is 13.8. The van der Waals surface area contributed by atoms with Gasteiger partial charge in [-0.3, -0.25) is 0 Å². The van der Waals surface area contributed by atoms with Gasteiger partial charge in [-0.05, 0) is 43.2 Å². The number of halogens is 1. The SMILES string of the molecule is CCCCOc1ccc(-c2noc(-c3ccccc3C)n2)cc1Cl. The molecule has 3 aromatic rings. The maximum Gasteiger partial charge on any atom is 0.258 e. The Labute approximate surface area is 146 Å². The first-order valence-electron chi connectivity index (χ1n) is 8.01. The molecule has 3 rings (SSSR count). The summed E-state index contributed by atoms with van der Waals surface area (Å²) in [4.78, 5) is 4.48. The highest BCUT2D eigenvalue weighted by atomic mass is 35.5. The normalized spacial score (nSPS) is 10.8. The molecular formula is C19H19ClN2O2. The van der Waals surface area contributed by atoms with E-state index in [1.54, 1.807) is 6.07 Å². The molecule has 0 aliphatic rings. The summed E-state index contributed by atoms with van der Waals surface area (Å²) >= 11 is 6.30. The highest BCUT2D eigenvalue weighted by molar-refractivity contribution is 6.32. The Morgan fingerprint density at radius 2 is 2.00 bits per heavy atom. The molecule has 1 heterocycles. The summed E-state index contributed by atoms with van der Waals surface area (Å²) in [5.41, 5.74) is 2.82. The van der Waals surface area contributed by atoms with Crippen molar-refractivity contribution in [3.05, 3.63) is 53.1 Å². The van der Waals surface area contributed by atoms with E-state index in [1.807, 2.05) is 43.3 Å². The summed E-state index contributed by atoms with van der Waals surface area (Å²) in [7, 11) is 0. The standard InChI is InChI=1S/C19H19ClN2O2/c1-3-4-11-23-17-10-9-14(12-16(17)20)18-21-19(24-22-18)15-8-6-5-7-13(15)2/h5-10,12H,3-4,11H2,1-2H3. The van der Waals surface area contributed by atoms with Gasteiger partial charge in [-0.25, -0.2) is 0 Å². The summed E-state index contributed by atoms with van der Waals surface area (Å²) in [5, 5.41) is 4.61. The molecule has 0 fully saturated rings. The van der Waals surface area contributed by atoms with Crippen LogP contribution in [0.5, 0.6) is 5.75 Å². The van der Waals surface area contributed by atoms with Crippen LogP contribution in [0, 0.1) is 6.92 Å². The molecule has 0 radical (unpaired) electrons. The topological polar surface area (TPSA) is 48.2 Å². The fourth-order valence-corrected chi connectivity index (χ4v) is 2.58. The number of hydrogen-bond donors (Lipinski definition) is 0. The van der Waals surface area contributed by atoms with E-state index in [0.717, 1.165) is 29.5 Å². The molecule has 24 heavy (non-hydrogen) atoms. The Kier molecular flexibility index (Phi) is 5.16. The average molecular weight is 343 g/mol. The van der Waals surface area contributed by atoms with Gasteiger partial charge in [-0.2, -0.15) is 4.98 Å². The van der Waals surface area contributed by atoms with Gasteiger partial charge in [0.2, 0.25) is 5.82 Å². The number of benzene rings is 2. The lowest BCUT2D eigenvalue weighted by molar-refractivity contribution is 0.309. The first-order valence-corrected chi connectivity index (χ1v) is 8.39. The molecule has 0 aliphatic carbocycles. The first kappa shape index (κ1) is 16.5. The molecule has 5 heteroatoms. The number of rotatable bonds is 6. The monoisotopic (exact) mass is 342 g/mol. The molecule has 1 aromatic heterocycles. The van der Waals surface area contributed by atoms with E-state index in [2.05, 4.69) is 17.1 Å². The Morgan fingerprint density at radius 3 is 2.75 bits per heavy atom. The van der Waals surface area contributed by atoms with E-state index in [-0.39, 0.29) is 0 Å². The molecule has 4 nitrogen and oxygen atoms in total. The van der Waals surface area contributed by atoms with Crippen LogP contribution >= 0.6 is 11.6 Å². The zero-order chi connectivity index (χ0) is 16.9. The van der Waals surface area contributed by atoms with Crippen LogP contribution < -0.4 is 4.74 Å². The quantitative estimate of drug-likeness (QED) is 0.551. The van der Waals surface area contributed by atoms with Crippen LogP contribution in [0.2, 0.25) is 5.02 Å². The number of unbranched alkanes of at least 4 members (excludes halogenated alkanes) is 1. The van der Waals surface area contributed by atoms with E-state index in [9.17, 15) is 0 Å². The van der Waals surface area contributed by atoms with Gasteiger partial charge in [0.05, 0.1) is 11.6 Å². The zero-order valence-corrected chi connectivity index (χ0v) is 14.5. The molecule has 0 saturated carbocycles. The van der Waals surface area contributed by atoms with Gasteiger partial charge in [0.15, 0.2) is 0 Å². The molecule has 2 aromatic carbocycles. The highest BCUT2D eigenvalue weighted by Gasteiger charge is 2.13. The van der Waals surface area contributed by atoms with Crippen molar-refractivity contribution in [2.24, 2.45) is 0 Å². The highest BCUT2D eigenvalue weighted by Crippen LogP contribution is 2.31. The predicted octanol–water partition coefficient (Wildman–Crippen LogP) is 5.54. The molecular weight excluding hydrogens is 324 g/mol. The number of nitrogens with zero attached hydrogens (tertiary/aromatic N) is 2. The average Bonchev–Trinajstić information content (AvgIpc) is 3.07.